The number of carbonyl (C=O) groups excluding carboxylic acids is 1. The van der Waals surface area contributed by atoms with Crippen LogP contribution in [0.5, 0.6) is 0 Å². The first-order valence-corrected chi connectivity index (χ1v) is 9.58. The molecule has 3 heterocycles. The predicted octanol–water partition coefficient (Wildman–Crippen LogP) is 3.49. The van der Waals surface area contributed by atoms with Gasteiger partial charge in [-0.2, -0.15) is 0 Å². The SMILES string of the molecule is CN1CCCN(C(=O)c2csc3nc(-c4ccc(Cl)cc4)cn23)CC1. The molecule has 0 bridgehead atoms. The molecule has 1 aliphatic rings. The van der Waals surface area contributed by atoms with Crippen LogP contribution in [0.4, 0.5) is 0 Å². The van der Waals surface area contributed by atoms with E-state index in [9.17, 15) is 4.79 Å². The lowest BCUT2D eigenvalue weighted by molar-refractivity contribution is 0.0756. The van der Waals surface area contributed by atoms with Crippen LogP contribution in [0, 0.1) is 0 Å². The highest BCUT2D eigenvalue weighted by Crippen LogP contribution is 2.25. The van der Waals surface area contributed by atoms with Gasteiger partial charge < -0.3 is 9.80 Å². The van der Waals surface area contributed by atoms with E-state index in [-0.39, 0.29) is 5.91 Å². The van der Waals surface area contributed by atoms with Crippen LogP contribution in [0.25, 0.3) is 16.2 Å². The Kier molecular flexibility index (Phi) is 4.50. The quantitative estimate of drug-likeness (QED) is 0.689. The van der Waals surface area contributed by atoms with E-state index < -0.39 is 0 Å². The summed E-state index contributed by atoms with van der Waals surface area (Å²) in [6.07, 6.45) is 2.95. The molecule has 0 N–H and O–H groups in total. The topological polar surface area (TPSA) is 40.8 Å². The highest BCUT2D eigenvalue weighted by molar-refractivity contribution is 7.15. The maximum absolute atomic E-state index is 13.0. The number of fused-ring (bicyclic) bond motifs is 1. The Hall–Kier alpha value is -1.89. The minimum absolute atomic E-state index is 0.0848. The van der Waals surface area contributed by atoms with Crippen molar-refractivity contribution in [1.29, 1.82) is 0 Å². The van der Waals surface area contributed by atoms with Crippen molar-refractivity contribution >= 4 is 33.8 Å². The fraction of sp³-hybridized carbons (Fsp3) is 0.333. The third kappa shape index (κ3) is 3.29. The normalized spacial score (nSPS) is 16.3. The molecule has 1 fully saturated rings. The number of amides is 1. The van der Waals surface area contributed by atoms with E-state index in [1.807, 2.05) is 45.1 Å². The Morgan fingerprint density at radius 3 is 2.76 bits per heavy atom. The molecule has 4 rings (SSSR count). The summed E-state index contributed by atoms with van der Waals surface area (Å²) >= 11 is 7.45. The lowest BCUT2D eigenvalue weighted by atomic mass is 10.2. The molecule has 1 saturated heterocycles. The molecule has 0 aliphatic carbocycles. The Balaban J connectivity index is 1.64. The Morgan fingerprint density at radius 2 is 1.96 bits per heavy atom. The van der Waals surface area contributed by atoms with Gasteiger partial charge in [0.25, 0.3) is 5.91 Å². The van der Waals surface area contributed by atoms with Gasteiger partial charge in [-0.05, 0) is 32.1 Å². The van der Waals surface area contributed by atoms with Crippen molar-refractivity contribution < 1.29 is 4.79 Å². The number of rotatable bonds is 2. The second kappa shape index (κ2) is 6.78. The summed E-state index contributed by atoms with van der Waals surface area (Å²) in [4.78, 5) is 22.7. The summed E-state index contributed by atoms with van der Waals surface area (Å²) in [5, 5.41) is 2.61. The molecular formula is C18H19ClN4OS. The lowest BCUT2D eigenvalue weighted by Crippen LogP contribution is -2.35. The van der Waals surface area contributed by atoms with Gasteiger partial charge in [0.1, 0.15) is 5.69 Å². The molecule has 0 atom stereocenters. The van der Waals surface area contributed by atoms with Crippen molar-refractivity contribution in [2.75, 3.05) is 33.2 Å². The first kappa shape index (κ1) is 16.6. The average Bonchev–Trinajstić information content (AvgIpc) is 3.11. The maximum atomic E-state index is 13.0. The van der Waals surface area contributed by atoms with Crippen molar-refractivity contribution in [1.82, 2.24) is 19.2 Å². The number of carbonyl (C=O) groups is 1. The van der Waals surface area contributed by atoms with E-state index in [1.165, 1.54) is 11.3 Å². The largest absolute Gasteiger partial charge is 0.336 e. The molecule has 1 amide bonds. The molecule has 0 unspecified atom stereocenters. The Morgan fingerprint density at radius 1 is 1.16 bits per heavy atom. The molecule has 0 spiro atoms. The van der Waals surface area contributed by atoms with Gasteiger partial charge in [0, 0.05) is 41.8 Å². The number of halogens is 1. The van der Waals surface area contributed by atoms with E-state index in [1.54, 1.807) is 0 Å². The number of benzene rings is 1. The monoisotopic (exact) mass is 374 g/mol. The summed E-state index contributed by atoms with van der Waals surface area (Å²) < 4.78 is 1.91. The van der Waals surface area contributed by atoms with Gasteiger partial charge in [-0.1, -0.05) is 23.7 Å². The summed E-state index contributed by atoms with van der Waals surface area (Å²) in [5.74, 6) is 0.0848. The molecular weight excluding hydrogens is 356 g/mol. The first-order chi connectivity index (χ1) is 12.1. The van der Waals surface area contributed by atoms with Gasteiger partial charge in [0.15, 0.2) is 4.96 Å². The number of imidazole rings is 1. The highest BCUT2D eigenvalue weighted by atomic mass is 35.5. The van der Waals surface area contributed by atoms with Crippen LogP contribution < -0.4 is 0 Å². The number of thiazole rings is 1. The molecule has 0 saturated carbocycles. The van der Waals surface area contributed by atoms with E-state index in [2.05, 4.69) is 16.9 Å². The summed E-state index contributed by atoms with van der Waals surface area (Å²) in [7, 11) is 2.10. The molecule has 1 aromatic carbocycles. The molecule has 3 aromatic rings. The molecule has 25 heavy (non-hydrogen) atoms. The van der Waals surface area contributed by atoms with Crippen molar-refractivity contribution in [3.8, 4) is 11.3 Å². The molecule has 5 nitrogen and oxygen atoms in total. The maximum Gasteiger partial charge on any atom is 0.271 e. The van der Waals surface area contributed by atoms with Crippen molar-refractivity contribution in [2.45, 2.75) is 6.42 Å². The highest BCUT2D eigenvalue weighted by Gasteiger charge is 2.22. The van der Waals surface area contributed by atoms with E-state index >= 15 is 0 Å². The molecule has 0 radical (unpaired) electrons. The Labute approximate surface area is 155 Å². The summed E-state index contributed by atoms with van der Waals surface area (Å²) in [6, 6.07) is 7.59. The van der Waals surface area contributed by atoms with Gasteiger partial charge in [-0.25, -0.2) is 4.98 Å². The second-order valence-corrected chi connectivity index (χ2v) is 7.63. The van der Waals surface area contributed by atoms with Gasteiger partial charge >= 0.3 is 0 Å². The number of nitrogens with zero attached hydrogens (tertiary/aromatic N) is 4. The standard InChI is InChI=1S/C18H19ClN4OS/c1-21-7-2-8-22(10-9-21)17(24)16-12-25-18-20-15(11-23(16)18)13-3-5-14(19)6-4-13/h3-6,11-12H,2,7-10H2,1H3. The minimum Gasteiger partial charge on any atom is -0.336 e. The van der Waals surface area contributed by atoms with Gasteiger partial charge in [0.2, 0.25) is 0 Å². The zero-order valence-electron chi connectivity index (χ0n) is 14.0. The molecule has 7 heteroatoms. The van der Waals surface area contributed by atoms with Gasteiger partial charge in [-0.15, -0.1) is 11.3 Å². The lowest BCUT2D eigenvalue weighted by Gasteiger charge is -2.20. The first-order valence-electron chi connectivity index (χ1n) is 8.32. The van der Waals surface area contributed by atoms with E-state index in [4.69, 9.17) is 11.6 Å². The van der Waals surface area contributed by atoms with Gasteiger partial charge in [0.05, 0.1) is 5.69 Å². The van der Waals surface area contributed by atoms with Crippen LogP contribution in [0.3, 0.4) is 0 Å². The fourth-order valence-corrected chi connectivity index (χ4v) is 4.08. The molecule has 1 aliphatic heterocycles. The van der Waals surface area contributed by atoms with Crippen LogP contribution in [-0.2, 0) is 0 Å². The molecule has 130 valence electrons. The number of hydrogen-bond acceptors (Lipinski definition) is 4. The fourth-order valence-electron chi connectivity index (χ4n) is 3.11. The van der Waals surface area contributed by atoms with Crippen molar-refractivity contribution in [3.63, 3.8) is 0 Å². The number of hydrogen-bond donors (Lipinski definition) is 0. The summed E-state index contributed by atoms with van der Waals surface area (Å²) in [6.45, 7) is 3.53. The van der Waals surface area contributed by atoms with Crippen LogP contribution in [0.2, 0.25) is 5.02 Å². The average molecular weight is 375 g/mol. The predicted molar refractivity (Wildman–Crippen MR) is 102 cm³/mol. The van der Waals surface area contributed by atoms with E-state index in [0.717, 1.165) is 48.8 Å². The van der Waals surface area contributed by atoms with Crippen LogP contribution in [0.15, 0.2) is 35.8 Å². The number of likely N-dealkylation sites (N-methyl/N-ethyl adjacent to an activating group) is 1. The zero-order valence-corrected chi connectivity index (χ0v) is 15.6. The van der Waals surface area contributed by atoms with Gasteiger partial charge in [-0.3, -0.25) is 9.20 Å². The Bertz CT molecular complexity index is 902. The smallest absolute Gasteiger partial charge is 0.271 e. The zero-order chi connectivity index (χ0) is 17.4. The molecule has 2 aromatic heterocycles. The second-order valence-electron chi connectivity index (χ2n) is 6.36. The third-order valence-corrected chi connectivity index (χ3v) is 5.67. The summed E-state index contributed by atoms with van der Waals surface area (Å²) in [5.41, 5.74) is 2.54. The van der Waals surface area contributed by atoms with E-state index in [0.29, 0.717) is 10.7 Å². The van der Waals surface area contributed by atoms with Crippen LogP contribution in [-0.4, -0.2) is 58.3 Å². The minimum atomic E-state index is 0.0848. The van der Waals surface area contributed by atoms with Crippen molar-refractivity contribution in [3.05, 3.63) is 46.6 Å². The van der Waals surface area contributed by atoms with Crippen LogP contribution in [0.1, 0.15) is 16.9 Å². The number of aromatic nitrogens is 2. The third-order valence-electron chi connectivity index (χ3n) is 4.57. The van der Waals surface area contributed by atoms with Crippen molar-refractivity contribution in [2.24, 2.45) is 0 Å². The van der Waals surface area contributed by atoms with Crippen LogP contribution >= 0.6 is 22.9 Å².